The Labute approximate surface area is 97.5 Å². The topological polar surface area (TPSA) is 95.6 Å². The lowest BCUT2D eigenvalue weighted by Gasteiger charge is -2.24. The molecule has 0 aromatic carbocycles. The zero-order valence-corrected chi connectivity index (χ0v) is 9.19. The molecule has 0 aromatic rings. The van der Waals surface area contributed by atoms with E-state index in [-0.39, 0.29) is 31.3 Å². The Kier molecular flexibility index (Phi) is 3.08. The van der Waals surface area contributed by atoms with Crippen molar-refractivity contribution < 1.29 is 19.2 Å². The summed E-state index contributed by atoms with van der Waals surface area (Å²) in [4.78, 5) is 45.8. The van der Waals surface area contributed by atoms with E-state index in [1.165, 1.54) is 0 Å². The van der Waals surface area contributed by atoms with E-state index < -0.39 is 17.8 Å². The fourth-order valence-electron chi connectivity index (χ4n) is 1.54. The van der Waals surface area contributed by atoms with E-state index in [1.807, 2.05) is 5.32 Å². The Hall–Kier alpha value is -1.92. The molecule has 0 unspecified atom stereocenters. The minimum absolute atomic E-state index is 0.0104. The molecule has 1 saturated carbocycles. The number of amides is 5. The van der Waals surface area contributed by atoms with Gasteiger partial charge >= 0.3 is 6.03 Å². The van der Waals surface area contributed by atoms with Gasteiger partial charge in [0.05, 0.1) is 0 Å². The third-order valence-corrected chi connectivity index (χ3v) is 2.61. The zero-order valence-electron chi connectivity index (χ0n) is 9.19. The fraction of sp³-hybridized carbons (Fsp3) is 0.600. The molecule has 17 heavy (non-hydrogen) atoms. The van der Waals surface area contributed by atoms with Crippen LogP contribution < -0.4 is 10.6 Å². The van der Waals surface area contributed by atoms with Gasteiger partial charge in [0, 0.05) is 19.0 Å². The Morgan fingerprint density at radius 3 is 2.65 bits per heavy atom. The second-order valence-electron chi connectivity index (χ2n) is 4.17. The number of hydrogen-bond acceptors (Lipinski definition) is 4. The number of carbonyl (C=O) groups excluding carboxylic acids is 4. The van der Waals surface area contributed by atoms with Crippen LogP contribution in [-0.2, 0) is 14.4 Å². The van der Waals surface area contributed by atoms with E-state index in [1.54, 1.807) is 0 Å². The van der Waals surface area contributed by atoms with Gasteiger partial charge in [-0.1, -0.05) is 0 Å². The number of barbiturate groups is 1. The number of nitrogens with zero attached hydrogens (tertiary/aromatic N) is 1. The molecule has 0 aromatic heterocycles. The standard InChI is InChI=1S/C10H13N3O4/c14-7(11-6-1-2-6)3-4-13-9(16)5-8(15)12-10(13)17/h6H,1-5H2,(H,11,14)(H,12,15,17). The molecule has 2 N–H and O–H groups in total. The first-order valence-corrected chi connectivity index (χ1v) is 5.50. The maximum Gasteiger partial charge on any atom is 0.330 e. The van der Waals surface area contributed by atoms with E-state index in [0.29, 0.717) is 0 Å². The predicted molar refractivity (Wildman–Crippen MR) is 55.7 cm³/mol. The van der Waals surface area contributed by atoms with Crippen LogP contribution in [0.3, 0.4) is 0 Å². The lowest BCUT2D eigenvalue weighted by Crippen LogP contribution is -2.53. The minimum Gasteiger partial charge on any atom is -0.353 e. The van der Waals surface area contributed by atoms with E-state index in [2.05, 4.69) is 5.32 Å². The fourth-order valence-corrected chi connectivity index (χ4v) is 1.54. The van der Waals surface area contributed by atoms with Crippen molar-refractivity contribution in [1.82, 2.24) is 15.5 Å². The van der Waals surface area contributed by atoms with Gasteiger partial charge in [0.2, 0.25) is 17.7 Å². The van der Waals surface area contributed by atoms with Crippen LogP contribution in [0.1, 0.15) is 25.7 Å². The van der Waals surface area contributed by atoms with Crippen molar-refractivity contribution >= 4 is 23.8 Å². The molecule has 2 rings (SSSR count). The van der Waals surface area contributed by atoms with Crippen LogP contribution in [0.25, 0.3) is 0 Å². The quantitative estimate of drug-likeness (QED) is 0.623. The van der Waals surface area contributed by atoms with Gasteiger partial charge in [-0.05, 0) is 12.8 Å². The van der Waals surface area contributed by atoms with Crippen molar-refractivity contribution in [2.24, 2.45) is 0 Å². The molecule has 92 valence electrons. The summed E-state index contributed by atoms with van der Waals surface area (Å²) in [6.07, 6.45) is 1.71. The molecule has 1 saturated heterocycles. The van der Waals surface area contributed by atoms with E-state index >= 15 is 0 Å². The van der Waals surface area contributed by atoms with Gasteiger partial charge in [0.15, 0.2) is 0 Å². The first-order chi connectivity index (χ1) is 8.06. The highest BCUT2D eigenvalue weighted by atomic mass is 16.2. The monoisotopic (exact) mass is 239 g/mol. The number of imide groups is 2. The van der Waals surface area contributed by atoms with Gasteiger partial charge < -0.3 is 5.32 Å². The molecule has 7 heteroatoms. The SMILES string of the molecule is O=C1CC(=O)N(CCC(=O)NC2CC2)C(=O)N1. The third kappa shape index (κ3) is 3.02. The highest BCUT2D eigenvalue weighted by Gasteiger charge is 2.31. The van der Waals surface area contributed by atoms with Crippen LogP contribution in [0.5, 0.6) is 0 Å². The second-order valence-corrected chi connectivity index (χ2v) is 4.17. The largest absolute Gasteiger partial charge is 0.353 e. The average molecular weight is 239 g/mol. The molecule has 0 bridgehead atoms. The second kappa shape index (κ2) is 4.52. The van der Waals surface area contributed by atoms with Crippen LogP contribution >= 0.6 is 0 Å². The molecule has 1 aliphatic heterocycles. The molecule has 0 radical (unpaired) electrons. The molecule has 1 heterocycles. The van der Waals surface area contributed by atoms with E-state index in [9.17, 15) is 19.2 Å². The van der Waals surface area contributed by atoms with Crippen molar-refractivity contribution in [3.63, 3.8) is 0 Å². The van der Waals surface area contributed by atoms with Gasteiger partial charge in [-0.2, -0.15) is 0 Å². The van der Waals surface area contributed by atoms with Crippen LogP contribution in [0.2, 0.25) is 0 Å². The molecule has 0 spiro atoms. The third-order valence-electron chi connectivity index (χ3n) is 2.61. The molecular formula is C10H13N3O4. The van der Waals surface area contributed by atoms with E-state index in [4.69, 9.17) is 0 Å². The first-order valence-electron chi connectivity index (χ1n) is 5.50. The minimum atomic E-state index is -0.745. The molecule has 0 atom stereocenters. The average Bonchev–Trinajstić information content (AvgIpc) is 2.99. The Bertz CT molecular complexity index is 369. The number of nitrogens with one attached hydrogen (secondary N) is 2. The summed E-state index contributed by atoms with van der Waals surface area (Å²) in [5, 5.41) is 4.79. The van der Waals surface area contributed by atoms with Crippen molar-refractivity contribution in [3.05, 3.63) is 0 Å². The molecule has 2 fully saturated rings. The van der Waals surface area contributed by atoms with Crippen LogP contribution in [0.4, 0.5) is 4.79 Å². The maximum absolute atomic E-state index is 11.4. The van der Waals surface area contributed by atoms with E-state index in [0.717, 1.165) is 17.7 Å². The highest BCUT2D eigenvalue weighted by Crippen LogP contribution is 2.18. The van der Waals surface area contributed by atoms with Gasteiger partial charge in [-0.25, -0.2) is 4.79 Å². The molecular weight excluding hydrogens is 226 g/mol. The maximum atomic E-state index is 11.4. The van der Waals surface area contributed by atoms with Gasteiger partial charge in [-0.15, -0.1) is 0 Å². The lowest BCUT2D eigenvalue weighted by atomic mass is 10.2. The van der Waals surface area contributed by atoms with Crippen LogP contribution in [0.15, 0.2) is 0 Å². The molecule has 2 aliphatic rings. The van der Waals surface area contributed by atoms with Crippen LogP contribution in [0, 0.1) is 0 Å². The normalized spacial score (nSPS) is 20.2. The summed E-state index contributed by atoms with van der Waals surface area (Å²) in [7, 11) is 0. The first kappa shape index (κ1) is 11.6. The number of hydrogen-bond donors (Lipinski definition) is 2. The lowest BCUT2D eigenvalue weighted by molar-refractivity contribution is -0.136. The van der Waals surface area contributed by atoms with Crippen molar-refractivity contribution in [3.8, 4) is 0 Å². The summed E-state index contributed by atoms with van der Waals surface area (Å²) < 4.78 is 0. The van der Waals surface area contributed by atoms with Gasteiger partial charge in [0.25, 0.3) is 0 Å². The number of urea groups is 1. The Morgan fingerprint density at radius 2 is 2.06 bits per heavy atom. The van der Waals surface area contributed by atoms with Gasteiger partial charge in [0.1, 0.15) is 6.42 Å². The molecule has 5 amide bonds. The summed E-state index contributed by atoms with van der Waals surface area (Å²) in [5.74, 6) is -1.33. The number of carbonyl (C=O) groups is 4. The molecule has 7 nitrogen and oxygen atoms in total. The smallest absolute Gasteiger partial charge is 0.330 e. The van der Waals surface area contributed by atoms with Crippen molar-refractivity contribution in [1.29, 1.82) is 0 Å². The summed E-state index contributed by atoms with van der Waals surface area (Å²) in [6, 6.07) is -0.486. The van der Waals surface area contributed by atoms with Gasteiger partial charge in [-0.3, -0.25) is 24.6 Å². The Balaban J connectivity index is 1.80. The number of rotatable bonds is 4. The zero-order chi connectivity index (χ0) is 12.4. The predicted octanol–water partition coefficient (Wildman–Crippen LogP) is -0.876. The van der Waals surface area contributed by atoms with Crippen LogP contribution in [-0.4, -0.2) is 41.2 Å². The summed E-state index contributed by atoms with van der Waals surface area (Å²) in [5.41, 5.74) is 0. The Morgan fingerprint density at radius 1 is 1.35 bits per heavy atom. The molecule has 1 aliphatic carbocycles. The van der Waals surface area contributed by atoms with Crippen molar-refractivity contribution in [2.45, 2.75) is 31.7 Å². The van der Waals surface area contributed by atoms with Crippen molar-refractivity contribution in [2.75, 3.05) is 6.54 Å². The highest BCUT2D eigenvalue weighted by molar-refractivity contribution is 6.14. The summed E-state index contributed by atoms with van der Waals surface area (Å²) >= 11 is 0. The summed E-state index contributed by atoms with van der Waals surface area (Å²) in [6.45, 7) is 0.0104.